The van der Waals surface area contributed by atoms with Crippen molar-refractivity contribution in [1.29, 1.82) is 0 Å². The Kier molecular flexibility index (Phi) is 6.13. The maximum Gasteiger partial charge on any atom is 0.271 e. The summed E-state index contributed by atoms with van der Waals surface area (Å²) < 4.78 is 0. The van der Waals surface area contributed by atoms with E-state index >= 15 is 0 Å². The Hall–Kier alpha value is -2.59. The molecule has 1 amide bonds. The van der Waals surface area contributed by atoms with Crippen LogP contribution in [0.3, 0.4) is 0 Å². The Bertz CT molecular complexity index is 974. The Morgan fingerprint density at radius 3 is 2.55 bits per heavy atom. The van der Waals surface area contributed by atoms with Crippen LogP contribution < -0.4 is 10.3 Å². The van der Waals surface area contributed by atoms with Crippen LogP contribution in [0.25, 0.3) is 5.57 Å². The van der Waals surface area contributed by atoms with E-state index in [0.717, 1.165) is 24.1 Å². The van der Waals surface area contributed by atoms with Crippen LogP contribution in [-0.2, 0) is 0 Å². The SMILES string of the molecule is CCCN1c2cc(C)c(/C=N\NC(=O)c3ccc(Cl)cc3)cc2C(C)=CC1(C)C. The van der Waals surface area contributed by atoms with Crippen LogP contribution in [0.1, 0.15) is 61.2 Å². The molecule has 1 N–H and O–H groups in total. The second-order valence-corrected chi connectivity index (χ2v) is 8.50. The van der Waals surface area contributed by atoms with Crippen LogP contribution in [0.15, 0.2) is 47.6 Å². The van der Waals surface area contributed by atoms with Crippen molar-refractivity contribution in [3.05, 3.63) is 69.8 Å². The molecule has 0 saturated carbocycles. The number of nitrogens with zero attached hydrogens (tertiary/aromatic N) is 2. The molecule has 2 aromatic carbocycles. The summed E-state index contributed by atoms with van der Waals surface area (Å²) in [6.07, 6.45) is 5.12. The number of rotatable bonds is 5. The van der Waals surface area contributed by atoms with Crippen molar-refractivity contribution in [3.8, 4) is 0 Å². The van der Waals surface area contributed by atoms with Gasteiger partial charge in [0.15, 0.2) is 0 Å². The molecule has 0 spiro atoms. The summed E-state index contributed by atoms with van der Waals surface area (Å²) in [6.45, 7) is 12.0. The summed E-state index contributed by atoms with van der Waals surface area (Å²) in [6, 6.07) is 11.1. The third-order valence-electron chi connectivity index (χ3n) is 5.29. The molecule has 0 unspecified atom stereocenters. The molecule has 0 atom stereocenters. The fraction of sp³-hybridized carbons (Fsp3) is 0.333. The maximum absolute atomic E-state index is 12.2. The largest absolute Gasteiger partial charge is 0.362 e. The highest BCUT2D eigenvalue weighted by atomic mass is 35.5. The normalized spacial score (nSPS) is 15.2. The molecule has 5 heteroatoms. The lowest BCUT2D eigenvalue weighted by Crippen LogP contribution is -2.45. The third kappa shape index (κ3) is 4.54. The number of aryl methyl sites for hydroxylation is 1. The van der Waals surface area contributed by atoms with E-state index < -0.39 is 0 Å². The lowest BCUT2D eigenvalue weighted by Gasteiger charge is -2.43. The third-order valence-corrected chi connectivity index (χ3v) is 5.54. The first kappa shape index (κ1) is 21.1. The maximum atomic E-state index is 12.2. The summed E-state index contributed by atoms with van der Waals surface area (Å²) in [5.74, 6) is -0.263. The molecule has 0 aromatic heterocycles. The number of anilines is 1. The van der Waals surface area contributed by atoms with Crippen molar-refractivity contribution in [2.24, 2.45) is 5.10 Å². The molecular weight excluding hydrogens is 382 g/mol. The topological polar surface area (TPSA) is 44.7 Å². The average Bonchev–Trinajstić information content (AvgIpc) is 2.66. The molecule has 0 saturated heterocycles. The van der Waals surface area contributed by atoms with Gasteiger partial charge in [-0.1, -0.05) is 24.6 Å². The van der Waals surface area contributed by atoms with Crippen molar-refractivity contribution in [2.75, 3.05) is 11.4 Å². The highest BCUT2D eigenvalue weighted by Gasteiger charge is 2.31. The summed E-state index contributed by atoms with van der Waals surface area (Å²) in [4.78, 5) is 14.7. The lowest BCUT2D eigenvalue weighted by atomic mass is 9.87. The lowest BCUT2D eigenvalue weighted by molar-refractivity contribution is 0.0955. The zero-order chi connectivity index (χ0) is 21.2. The fourth-order valence-electron chi connectivity index (χ4n) is 3.84. The number of hydrogen-bond donors (Lipinski definition) is 1. The van der Waals surface area contributed by atoms with Crippen LogP contribution in [0, 0.1) is 6.92 Å². The number of carbonyl (C=O) groups is 1. The Labute approximate surface area is 178 Å². The summed E-state index contributed by atoms with van der Waals surface area (Å²) in [5, 5.41) is 4.76. The quantitative estimate of drug-likeness (QED) is 0.499. The molecule has 29 heavy (non-hydrogen) atoms. The van der Waals surface area contributed by atoms with Gasteiger partial charge in [-0.15, -0.1) is 0 Å². The fourth-order valence-corrected chi connectivity index (χ4v) is 3.97. The molecule has 0 fully saturated rings. The first-order valence-corrected chi connectivity index (χ1v) is 10.3. The Balaban J connectivity index is 1.85. The van der Waals surface area contributed by atoms with Crippen molar-refractivity contribution < 1.29 is 4.79 Å². The number of benzene rings is 2. The van der Waals surface area contributed by atoms with E-state index in [-0.39, 0.29) is 11.4 Å². The highest BCUT2D eigenvalue weighted by molar-refractivity contribution is 6.30. The predicted octanol–water partition coefficient (Wildman–Crippen LogP) is 5.82. The zero-order valence-electron chi connectivity index (χ0n) is 17.7. The van der Waals surface area contributed by atoms with Gasteiger partial charge in [-0.25, -0.2) is 5.43 Å². The van der Waals surface area contributed by atoms with E-state index in [9.17, 15) is 4.79 Å². The van der Waals surface area contributed by atoms with Gasteiger partial charge in [-0.05, 0) is 87.2 Å². The van der Waals surface area contributed by atoms with E-state index in [1.165, 1.54) is 16.8 Å². The molecule has 152 valence electrons. The molecular formula is C24H28ClN3O. The second kappa shape index (κ2) is 8.42. The van der Waals surface area contributed by atoms with Gasteiger partial charge in [0.2, 0.25) is 0 Å². The van der Waals surface area contributed by atoms with Crippen LogP contribution in [-0.4, -0.2) is 24.2 Å². The highest BCUT2D eigenvalue weighted by Crippen LogP contribution is 2.40. The second-order valence-electron chi connectivity index (χ2n) is 8.06. The van der Waals surface area contributed by atoms with E-state index in [1.54, 1.807) is 30.5 Å². The number of halogens is 1. The predicted molar refractivity (Wildman–Crippen MR) is 123 cm³/mol. The smallest absolute Gasteiger partial charge is 0.271 e. The number of allylic oxidation sites excluding steroid dienone is 1. The standard InChI is InChI=1S/C24H28ClN3O/c1-6-11-28-22-12-16(2)19(13-21(22)17(3)14-24(28,4)5)15-26-27-23(29)18-7-9-20(25)10-8-18/h7-10,12-15H,6,11H2,1-5H3,(H,27,29)/b26-15-. The number of hydrazone groups is 1. The minimum Gasteiger partial charge on any atom is -0.362 e. The number of amides is 1. The monoisotopic (exact) mass is 409 g/mol. The van der Waals surface area contributed by atoms with Crippen LogP contribution in [0.2, 0.25) is 5.02 Å². The molecule has 0 radical (unpaired) electrons. The van der Waals surface area contributed by atoms with E-state index in [4.69, 9.17) is 11.6 Å². The minimum atomic E-state index is -0.263. The molecule has 0 bridgehead atoms. The van der Waals surface area contributed by atoms with Gasteiger partial charge in [0.25, 0.3) is 5.91 Å². The molecule has 1 heterocycles. The van der Waals surface area contributed by atoms with E-state index in [1.807, 2.05) is 0 Å². The van der Waals surface area contributed by atoms with Gasteiger partial charge in [-0.3, -0.25) is 4.79 Å². The molecule has 0 aliphatic carbocycles. The first-order chi connectivity index (χ1) is 13.7. The van der Waals surface area contributed by atoms with E-state index in [2.05, 4.69) is 68.3 Å². The van der Waals surface area contributed by atoms with Gasteiger partial charge < -0.3 is 4.90 Å². The van der Waals surface area contributed by atoms with Crippen molar-refractivity contribution in [1.82, 2.24) is 5.43 Å². The van der Waals surface area contributed by atoms with Gasteiger partial charge in [0.05, 0.1) is 11.8 Å². The summed E-state index contributed by atoms with van der Waals surface area (Å²) >= 11 is 5.87. The average molecular weight is 410 g/mol. The molecule has 1 aliphatic heterocycles. The molecule has 2 aromatic rings. The van der Waals surface area contributed by atoms with Gasteiger partial charge >= 0.3 is 0 Å². The van der Waals surface area contributed by atoms with Crippen molar-refractivity contribution in [2.45, 2.75) is 46.6 Å². The van der Waals surface area contributed by atoms with Gasteiger partial charge in [-0.2, -0.15) is 5.10 Å². The number of carbonyl (C=O) groups excluding carboxylic acids is 1. The zero-order valence-corrected chi connectivity index (χ0v) is 18.5. The molecule has 1 aliphatic rings. The Morgan fingerprint density at radius 2 is 1.90 bits per heavy atom. The number of fused-ring (bicyclic) bond motifs is 1. The summed E-state index contributed by atoms with van der Waals surface area (Å²) in [5.41, 5.74) is 8.95. The minimum absolute atomic E-state index is 0.0122. The van der Waals surface area contributed by atoms with Crippen LogP contribution in [0.5, 0.6) is 0 Å². The van der Waals surface area contributed by atoms with E-state index in [0.29, 0.717) is 10.6 Å². The molecule has 3 rings (SSSR count). The van der Waals surface area contributed by atoms with Crippen molar-refractivity contribution in [3.63, 3.8) is 0 Å². The first-order valence-electron chi connectivity index (χ1n) is 9.94. The number of nitrogens with one attached hydrogen (secondary N) is 1. The van der Waals surface area contributed by atoms with Crippen molar-refractivity contribution >= 4 is 35.0 Å². The van der Waals surface area contributed by atoms with Crippen LogP contribution in [0.4, 0.5) is 5.69 Å². The van der Waals surface area contributed by atoms with Gasteiger partial charge in [0, 0.05) is 28.4 Å². The van der Waals surface area contributed by atoms with Crippen LogP contribution >= 0.6 is 11.6 Å². The molecule has 4 nitrogen and oxygen atoms in total. The summed E-state index contributed by atoms with van der Waals surface area (Å²) in [7, 11) is 0. The van der Waals surface area contributed by atoms with Gasteiger partial charge in [0.1, 0.15) is 0 Å². The number of hydrogen-bond acceptors (Lipinski definition) is 3. The Morgan fingerprint density at radius 1 is 1.21 bits per heavy atom.